The largest absolute Gasteiger partial charge is 0.462 e. The Balaban J connectivity index is 4.39. The molecular weight excluding hydrogens is 829 g/mol. The lowest BCUT2D eigenvalue weighted by Gasteiger charge is -2.18. The number of rotatable bonds is 52. The second kappa shape index (κ2) is 55.7. The Morgan fingerprint density at radius 2 is 0.537 bits per heavy atom. The van der Waals surface area contributed by atoms with Crippen LogP contribution in [0.2, 0.25) is 0 Å². The van der Waals surface area contributed by atoms with Crippen LogP contribution in [0.1, 0.15) is 290 Å². The third-order valence-electron chi connectivity index (χ3n) is 12.5. The summed E-state index contributed by atoms with van der Waals surface area (Å²) in [6, 6.07) is 0. The maximum atomic E-state index is 12.8. The Kier molecular flexibility index (Phi) is 53.3. The number of carbonyl (C=O) groups is 3. The van der Waals surface area contributed by atoms with Crippen molar-refractivity contribution < 1.29 is 28.6 Å². The van der Waals surface area contributed by atoms with Gasteiger partial charge in [-0.15, -0.1) is 0 Å². The minimum Gasteiger partial charge on any atom is -0.462 e. The van der Waals surface area contributed by atoms with Crippen molar-refractivity contribution in [2.75, 3.05) is 13.2 Å². The highest BCUT2D eigenvalue weighted by Crippen LogP contribution is 2.15. The molecule has 1 atom stereocenters. The van der Waals surface area contributed by atoms with E-state index in [1.807, 2.05) is 0 Å². The van der Waals surface area contributed by atoms with Crippen LogP contribution < -0.4 is 0 Å². The predicted molar refractivity (Wildman–Crippen MR) is 288 cm³/mol. The van der Waals surface area contributed by atoms with Crippen molar-refractivity contribution in [2.24, 2.45) is 0 Å². The number of hydrogen-bond donors (Lipinski definition) is 0. The molecule has 0 fully saturated rings. The normalized spacial score (nSPS) is 12.5. The SMILES string of the molecule is CCCCC/C=C/C/C=C/C/C=C/CCCCCCC(=O)O[C@H](COC(=O)CCCCCCC/C=C/CCCCCC)COC(=O)CCCCCCCCCCC/C=C/CCCCCCCC. The average Bonchev–Trinajstić information content (AvgIpc) is 3.33. The average molecular weight is 938 g/mol. The number of hydrogen-bond acceptors (Lipinski definition) is 6. The highest BCUT2D eigenvalue weighted by atomic mass is 16.6. The van der Waals surface area contributed by atoms with E-state index in [-0.39, 0.29) is 31.1 Å². The highest BCUT2D eigenvalue weighted by molar-refractivity contribution is 5.71. The van der Waals surface area contributed by atoms with Crippen LogP contribution in [-0.2, 0) is 28.6 Å². The monoisotopic (exact) mass is 937 g/mol. The van der Waals surface area contributed by atoms with Gasteiger partial charge < -0.3 is 14.2 Å². The Morgan fingerprint density at radius 1 is 0.299 bits per heavy atom. The van der Waals surface area contributed by atoms with Gasteiger partial charge in [-0.25, -0.2) is 0 Å². The van der Waals surface area contributed by atoms with Crippen molar-refractivity contribution >= 4 is 17.9 Å². The molecule has 0 spiro atoms. The Morgan fingerprint density at radius 3 is 0.896 bits per heavy atom. The molecule has 0 N–H and O–H groups in total. The zero-order chi connectivity index (χ0) is 48.6. The molecule has 6 nitrogen and oxygen atoms in total. The molecule has 67 heavy (non-hydrogen) atoms. The summed E-state index contributed by atoms with van der Waals surface area (Å²) in [4.78, 5) is 38.1. The summed E-state index contributed by atoms with van der Waals surface area (Å²) in [5, 5.41) is 0. The van der Waals surface area contributed by atoms with Gasteiger partial charge in [-0.2, -0.15) is 0 Å². The number of esters is 3. The van der Waals surface area contributed by atoms with E-state index in [0.717, 1.165) is 89.9 Å². The first-order valence-corrected chi connectivity index (χ1v) is 28.8. The number of allylic oxidation sites excluding steroid dienone is 10. The Hall–Kier alpha value is -2.89. The molecule has 0 aromatic carbocycles. The zero-order valence-corrected chi connectivity index (χ0v) is 44.4. The van der Waals surface area contributed by atoms with Crippen LogP contribution in [-0.4, -0.2) is 37.2 Å². The van der Waals surface area contributed by atoms with Crippen LogP contribution in [0, 0.1) is 0 Å². The van der Waals surface area contributed by atoms with Gasteiger partial charge in [0.05, 0.1) is 0 Å². The quantitative estimate of drug-likeness (QED) is 0.0262. The molecule has 0 saturated heterocycles. The van der Waals surface area contributed by atoms with Gasteiger partial charge in [-0.05, 0) is 109 Å². The van der Waals surface area contributed by atoms with Crippen molar-refractivity contribution in [3.05, 3.63) is 60.8 Å². The molecule has 0 rings (SSSR count). The molecular formula is C61H108O6. The summed E-state index contributed by atoms with van der Waals surface area (Å²) >= 11 is 0. The van der Waals surface area contributed by atoms with Crippen molar-refractivity contribution in [3.63, 3.8) is 0 Å². The minimum absolute atomic E-state index is 0.0861. The third kappa shape index (κ3) is 53.9. The lowest BCUT2D eigenvalue weighted by Crippen LogP contribution is -2.30. The van der Waals surface area contributed by atoms with Crippen molar-refractivity contribution in [2.45, 2.75) is 297 Å². The minimum atomic E-state index is -0.790. The second-order valence-corrected chi connectivity index (χ2v) is 19.2. The van der Waals surface area contributed by atoms with Gasteiger partial charge >= 0.3 is 17.9 Å². The van der Waals surface area contributed by atoms with Crippen molar-refractivity contribution in [1.82, 2.24) is 0 Å². The molecule has 0 amide bonds. The van der Waals surface area contributed by atoms with Gasteiger partial charge in [0.25, 0.3) is 0 Å². The van der Waals surface area contributed by atoms with Crippen molar-refractivity contribution in [3.8, 4) is 0 Å². The van der Waals surface area contributed by atoms with E-state index in [1.54, 1.807) is 0 Å². The van der Waals surface area contributed by atoms with E-state index in [1.165, 1.54) is 161 Å². The van der Waals surface area contributed by atoms with E-state index in [4.69, 9.17) is 14.2 Å². The molecule has 0 bridgehead atoms. The first-order valence-electron chi connectivity index (χ1n) is 28.8. The number of carbonyl (C=O) groups excluding carboxylic acids is 3. The fourth-order valence-corrected chi connectivity index (χ4v) is 8.09. The molecule has 0 aliphatic heterocycles. The van der Waals surface area contributed by atoms with Crippen LogP contribution in [0.4, 0.5) is 0 Å². The molecule has 0 aromatic heterocycles. The van der Waals surface area contributed by atoms with Crippen LogP contribution in [0.25, 0.3) is 0 Å². The summed E-state index contributed by atoms with van der Waals surface area (Å²) < 4.78 is 16.8. The maximum absolute atomic E-state index is 12.8. The fourth-order valence-electron chi connectivity index (χ4n) is 8.09. The van der Waals surface area contributed by atoms with Gasteiger partial charge in [0.2, 0.25) is 0 Å². The molecule has 0 aliphatic rings. The molecule has 388 valence electrons. The van der Waals surface area contributed by atoms with Gasteiger partial charge in [0.1, 0.15) is 13.2 Å². The zero-order valence-electron chi connectivity index (χ0n) is 44.4. The van der Waals surface area contributed by atoms with E-state index in [2.05, 4.69) is 81.5 Å². The van der Waals surface area contributed by atoms with Gasteiger partial charge in [0.15, 0.2) is 6.10 Å². The highest BCUT2D eigenvalue weighted by Gasteiger charge is 2.19. The maximum Gasteiger partial charge on any atom is 0.306 e. The predicted octanol–water partition coefficient (Wildman–Crippen LogP) is 19.2. The van der Waals surface area contributed by atoms with Crippen LogP contribution in [0.15, 0.2) is 60.8 Å². The Bertz CT molecular complexity index is 1210. The molecule has 6 heteroatoms. The van der Waals surface area contributed by atoms with E-state index >= 15 is 0 Å². The summed E-state index contributed by atoms with van der Waals surface area (Å²) in [5.74, 6) is -0.909. The van der Waals surface area contributed by atoms with Gasteiger partial charge in [-0.1, -0.05) is 223 Å². The first-order chi connectivity index (χ1) is 33.0. The third-order valence-corrected chi connectivity index (χ3v) is 12.5. The number of ether oxygens (including phenoxy) is 3. The molecule has 0 unspecified atom stereocenters. The lowest BCUT2D eigenvalue weighted by molar-refractivity contribution is -0.167. The van der Waals surface area contributed by atoms with Crippen LogP contribution >= 0.6 is 0 Å². The molecule has 0 radical (unpaired) electrons. The molecule has 0 aliphatic carbocycles. The first kappa shape index (κ1) is 64.1. The lowest BCUT2D eigenvalue weighted by atomic mass is 10.1. The van der Waals surface area contributed by atoms with Crippen LogP contribution in [0.5, 0.6) is 0 Å². The van der Waals surface area contributed by atoms with Crippen LogP contribution in [0.3, 0.4) is 0 Å². The summed E-state index contributed by atoms with van der Waals surface area (Å²) in [5.41, 5.74) is 0. The Labute approximate surface area is 415 Å². The number of unbranched alkanes of at least 4 members (excludes halogenated alkanes) is 31. The summed E-state index contributed by atoms with van der Waals surface area (Å²) in [7, 11) is 0. The fraction of sp³-hybridized carbons (Fsp3) is 0.787. The smallest absolute Gasteiger partial charge is 0.306 e. The molecule has 0 heterocycles. The standard InChI is InChI=1S/C61H108O6/c1-4-7-10-13-16-19-22-25-27-29-30-32-33-36-39-42-45-48-51-54-60(63)66-57-58(56-65-59(62)53-50-47-44-41-38-35-24-21-18-15-12-9-6-3)67-61(64)55-52-49-46-43-40-37-34-31-28-26-23-20-17-14-11-8-5-2/h17,20-21,24-28,34,37,58H,4-16,18-19,22-23,29-33,35-36,38-57H2,1-3H3/b20-17+,24-21+,27-25+,28-26+,37-34+/t58-/m1/s1. The van der Waals surface area contributed by atoms with Gasteiger partial charge in [-0.3, -0.25) is 14.4 Å². The van der Waals surface area contributed by atoms with Crippen molar-refractivity contribution in [1.29, 1.82) is 0 Å². The second-order valence-electron chi connectivity index (χ2n) is 19.2. The van der Waals surface area contributed by atoms with Gasteiger partial charge in [0, 0.05) is 19.3 Å². The van der Waals surface area contributed by atoms with E-state index in [0.29, 0.717) is 19.3 Å². The van der Waals surface area contributed by atoms with E-state index in [9.17, 15) is 14.4 Å². The topological polar surface area (TPSA) is 78.9 Å². The summed E-state index contributed by atoms with van der Waals surface area (Å²) in [6.45, 7) is 6.59. The molecule has 0 saturated carbocycles. The summed E-state index contributed by atoms with van der Waals surface area (Å²) in [6.07, 6.45) is 69.2. The van der Waals surface area contributed by atoms with E-state index < -0.39 is 6.10 Å². The molecule has 0 aromatic rings.